The van der Waals surface area contributed by atoms with Crippen molar-refractivity contribution in [1.29, 1.82) is 0 Å². The lowest BCUT2D eigenvalue weighted by atomic mass is 10.1. The average molecular weight is 261 g/mol. The van der Waals surface area contributed by atoms with Crippen molar-refractivity contribution in [2.75, 3.05) is 6.54 Å². The van der Waals surface area contributed by atoms with Gasteiger partial charge >= 0.3 is 0 Å². The summed E-state index contributed by atoms with van der Waals surface area (Å²) >= 11 is 1.75. The van der Waals surface area contributed by atoms with Crippen LogP contribution in [0.3, 0.4) is 0 Å². The Morgan fingerprint density at radius 3 is 2.56 bits per heavy atom. The minimum atomic E-state index is -0.653. The first-order valence-electron chi connectivity index (χ1n) is 6.10. The van der Waals surface area contributed by atoms with E-state index in [4.69, 9.17) is 0 Å². The molecule has 2 aromatic rings. The summed E-state index contributed by atoms with van der Waals surface area (Å²) < 4.78 is 0. The first-order chi connectivity index (χ1) is 8.54. The van der Waals surface area contributed by atoms with Crippen LogP contribution < -0.4 is 5.32 Å². The summed E-state index contributed by atoms with van der Waals surface area (Å²) in [6.45, 7) is 5.03. The maximum atomic E-state index is 9.62. The summed E-state index contributed by atoms with van der Waals surface area (Å²) in [7, 11) is 0. The Morgan fingerprint density at radius 2 is 1.89 bits per heavy atom. The molecule has 0 aliphatic heterocycles. The number of rotatable bonds is 5. The van der Waals surface area contributed by atoms with Crippen molar-refractivity contribution in [2.24, 2.45) is 0 Å². The molecule has 0 fully saturated rings. The van der Waals surface area contributed by atoms with E-state index in [0.29, 0.717) is 6.54 Å². The molecule has 96 valence electrons. The third-order valence-corrected chi connectivity index (χ3v) is 3.55. The van der Waals surface area contributed by atoms with Crippen molar-refractivity contribution < 1.29 is 5.11 Å². The molecule has 3 heteroatoms. The molecule has 1 aromatic heterocycles. The van der Waals surface area contributed by atoms with Crippen molar-refractivity contribution >= 4 is 11.3 Å². The van der Waals surface area contributed by atoms with Crippen molar-refractivity contribution in [3.05, 3.63) is 46.7 Å². The fourth-order valence-electron chi connectivity index (χ4n) is 1.75. The van der Waals surface area contributed by atoms with Crippen LogP contribution in [0.15, 0.2) is 41.8 Å². The summed E-state index contributed by atoms with van der Waals surface area (Å²) in [5.74, 6) is 0. The van der Waals surface area contributed by atoms with Crippen molar-refractivity contribution in [2.45, 2.75) is 26.0 Å². The third kappa shape index (κ3) is 3.95. The molecule has 0 amide bonds. The Hall–Kier alpha value is -1.16. The van der Waals surface area contributed by atoms with Gasteiger partial charge in [0.25, 0.3) is 0 Å². The van der Waals surface area contributed by atoms with Gasteiger partial charge < -0.3 is 10.4 Å². The minimum Gasteiger partial charge on any atom is -0.389 e. The highest BCUT2D eigenvalue weighted by Crippen LogP contribution is 2.25. The molecule has 1 heterocycles. The lowest BCUT2D eigenvalue weighted by molar-refractivity contribution is 0.0796. The van der Waals surface area contributed by atoms with Crippen LogP contribution in [-0.2, 0) is 6.54 Å². The predicted molar refractivity (Wildman–Crippen MR) is 77.8 cm³/mol. The quantitative estimate of drug-likeness (QED) is 0.865. The molecule has 2 nitrogen and oxygen atoms in total. The number of nitrogens with one attached hydrogen (secondary N) is 1. The molecular weight excluding hydrogens is 242 g/mol. The summed E-state index contributed by atoms with van der Waals surface area (Å²) in [5.41, 5.74) is 1.86. The maximum absolute atomic E-state index is 9.62. The molecule has 0 spiro atoms. The standard InChI is InChI=1S/C15H19NOS/c1-15(2,17)11-16-9-14-8-13(10-18-14)12-6-4-3-5-7-12/h3-8,10,16-17H,9,11H2,1-2H3. The fraction of sp³-hybridized carbons (Fsp3) is 0.333. The second-order valence-corrected chi connectivity index (χ2v) is 6.08. The predicted octanol–water partition coefficient (Wildman–Crippen LogP) is 3.28. The van der Waals surface area contributed by atoms with Crippen LogP contribution >= 0.6 is 11.3 Å². The first-order valence-corrected chi connectivity index (χ1v) is 6.98. The molecule has 0 saturated carbocycles. The van der Waals surface area contributed by atoms with Gasteiger partial charge in [-0.2, -0.15) is 0 Å². The second kappa shape index (κ2) is 5.65. The Morgan fingerprint density at radius 1 is 1.17 bits per heavy atom. The number of hydrogen-bond acceptors (Lipinski definition) is 3. The number of thiophene rings is 1. The minimum absolute atomic E-state index is 0.603. The van der Waals surface area contributed by atoms with Gasteiger partial charge in [0.2, 0.25) is 0 Å². The SMILES string of the molecule is CC(C)(O)CNCc1cc(-c2ccccc2)cs1. The van der Waals surface area contributed by atoms with Gasteiger partial charge in [-0.15, -0.1) is 11.3 Å². The van der Waals surface area contributed by atoms with Crippen LogP contribution in [0.4, 0.5) is 0 Å². The third-order valence-electron chi connectivity index (χ3n) is 2.62. The number of benzene rings is 1. The summed E-state index contributed by atoms with van der Waals surface area (Å²) in [6, 6.07) is 12.6. The van der Waals surface area contributed by atoms with E-state index < -0.39 is 5.60 Å². The summed E-state index contributed by atoms with van der Waals surface area (Å²) in [5, 5.41) is 15.1. The van der Waals surface area contributed by atoms with Gasteiger partial charge in [0, 0.05) is 18.0 Å². The van der Waals surface area contributed by atoms with E-state index in [9.17, 15) is 5.11 Å². The molecule has 2 rings (SSSR count). The van der Waals surface area contributed by atoms with Crippen LogP contribution in [0.2, 0.25) is 0 Å². The highest BCUT2D eigenvalue weighted by Gasteiger charge is 2.11. The smallest absolute Gasteiger partial charge is 0.0715 e. The second-order valence-electron chi connectivity index (χ2n) is 5.08. The molecule has 0 atom stereocenters. The highest BCUT2D eigenvalue weighted by molar-refractivity contribution is 7.10. The molecule has 0 saturated heterocycles. The van der Waals surface area contributed by atoms with Gasteiger partial charge in [-0.05, 0) is 36.4 Å². The van der Waals surface area contributed by atoms with Crippen LogP contribution in [0, 0.1) is 0 Å². The Labute approximate surface area is 112 Å². The van der Waals surface area contributed by atoms with Gasteiger partial charge in [0.05, 0.1) is 5.60 Å². The number of hydrogen-bond donors (Lipinski definition) is 2. The van der Waals surface area contributed by atoms with E-state index in [1.807, 2.05) is 19.9 Å². The number of aliphatic hydroxyl groups is 1. The molecule has 0 aliphatic rings. The van der Waals surface area contributed by atoms with Gasteiger partial charge in [0.1, 0.15) is 0 Å². The average Bonchev–Trinajstić information content (AvgIpc) is 2.77. The van der Waals surface area contributed by atoms with Crippen LogP contribution in [0.25, 0.3) is 11.1 Å². The summed E-state index contributed by atoms with van der Waals surface area (Å²) in [4.78, 5) is 1.29. The lowest BCUT2D eigenvalue weighted by Crippen LogP contribution is -2.34. The van der Waals surface area contributed by atoms with Crippen molar-refractivity contribution in [3.8, 4) is 11.1 Å². The maximum Gasteiger partial charge on any atom is 0.0715 e. The largest absolute Gasteiger partial charge is 0.389 e. The molecule has 0 aliphatic carbocycles. The summed E-state index contributed by atoms with van der Waals surface area (Å²) in [6.07, 6.45) is 0. The lowest BCUT2D eigenvalue weighted by Gasteiger charge is -2.17. The van der Waals surface area contributed by atoms with Gasteiger partial charge in [-0.25, -0.2) is 0 Å². The monoisotopic (exact) mass is 261 g/mol. The van der Waals surface area contributed by atoms with Crippen LogP contribution in [0.5, 0.6) is 0 Å². The molecule has 0 unspecified atom stereocenters. The zero-order valence-electron chi connectivity index (χ0n) is 10.8. The van der Waals surface area contributed by atoms with Gasteiger partial charge in [-0.1, -0.05) is 30.3 Å². The Bertz CT molecular complexity index is 485. The first kappa shape index (κ1) is 13.3. The Kier molecular flexibility index (Phi) is 4.17. The highest BCUT2D eigenvalue weighted by atomic mass is 32.1. The van der Waals surface area contributed by atoms with Crippen molar-refractivity contribution in [1.82, 2.24) is 5.32 Å². The molecule has 0 bridgehead atoms. The van der Waals surface area contributed by atoms with E-state index in [-0.39, 0.29) is 0 Å². The molecule has 2 N–H and O–H groups in total. The van der Waals surface area contributed by atoms with E-state index >= 15 is 0 Å². The van der Waals surface area contributed by atoms with Crippen molar-refractivity contribution in [3.63, 3.8) is 0 Å². The Balaban J connectivity index is 1.95. The van der Waals surface area contributed by atoms with E-state index in [1.54, 1.807) is 11.3 Å². The van der Waals surface area contributed by atoms with E-state index in [0.717, 1.165) is 6.54 Å². The van der Waals surface area contributed by atoms with Crippen LogP contribution in [0.1, 0.15) is 18.7 Å². The zero-order valence-corrected chi connectivity index (χ0v) is 11.6. The normalized spacial score (nSPS) is 11.7. The van der Waals surface area contributed by atoms with Gasteiger partial charge in [0.15, 0.2) is 0 Å². The van der Waals surface area contributed by atoms with E-state index in [1.165, 1.54) is 16.0 Å². The topological polar surface area (TPSA) is 32.3 Å². The van der Waals surface area contributed by atoms with Gasteiger partial charge in [-0.3, -0.25) is 0 Å². The molecule has 18 heavy (non-hydrogen) atoms. The fourth-order valence-corrected chi connectivity index (χ4v) is 2.61. The van der Waals surface area contributed by atoms with Crippen LogP contribution in [-0.4, -0.2) is 17.3 Å². The van der Waals surface area contributed by atoms with E-state index in [2.05, 4.69) is 41.0 Å². The zero-order chi connectivity index (χ0) is 13.0. The molecular formula is C15H19NOS. The molecule has 0 radical (unpaired) electrons. The molecule has 1 aromatic carbocycles.